The number of thiazole rings is 2. The van der Waals surface area contributed by atoms with Crippen molar-refractivity contribution in [3.63, 3.8) is 0 Å². The second kappa shape index (κ2) is 34.6. The third-order valence-corrected chi connectivity index (χ3v) is 19.7. The maximum atomic E-state index is 14.2. The van der Waals surface area contributed by atoms with E-state index in [2.05, 4.69) is 122 Å². The number of benzene rings is 2. The number of amides is 5. The molecule has 0 bridgehead atoms. The Hall–Kier alpha value is -7.05. The van der Waals surface area contributed by atoms with Crippen molar-refractivity contribution in [2.75, 3.05) is 57.1 Å². The minimum Gasteiger partial charge on any atom is -0.348 e. The van der Waals surface area contributed by atoms with E-state index in [1.165, 1.54) is 78.6 Å². The average molecular weight is 1280 g/mol. The number of hydrogen-bond acceptors (Lipinski definition) is 14. The number of imide groups is 2. The highest BCUT2D eigenvalue weighted by atomic mass is 32.1. The van der Waals surface area contributed by atoms with E-state index in [9.17, 15) is 34.5 Å². The molecule has 2 aromatic carbocycles. The summed E-state index contributed by atoms with van der Waals surface area (Å²) in [6, 6.07) is 14.8. The Morgan fingerprint density at radius 3 is 1.40 bits per heavy atom. The molecular formula is C74H104N10O5S2. The van der Waals surface area contributed by atoms with E-state index >= 15 is 0 Å². The lowest BCUT2D eigenvalue weighted by atomic mass is 9.90. The summed E-state index contributed by atoms with van der Waals surface area (Å²) in [6.45, 7) is 36.3. The van der Waals surface area contributed by atoms with Gasteiger partial charge in [-0.05, 0) is 136 Å². The van der Waals surface area contributed by atoms with Gasteiger partial charge in [-0.2, -0.15) is 15.5 Å². The van der Waals surface area contributed by atoms with Crippen LogP contribution in [0.3, 0.4) is 0 Å². The Kier molecular flexibility index (Phi) is 28.4. The van der Waals surface area contributed by atoms with Gasteiger partial charge in [0.2, 0.25) is 5.91 Å². The van der Waals surface area contributed by atoms with Gasteiger partial charge >= 0.3 is 0 Å². The van der Waals surface area contributed by atoms with Crippen molar-refractivity contribution in [1.29, 1.82) is 10.5 Å². The van der Waals surface area contributed by atoms with Crippen LogP contribution in [0.1, 0.15) is 212 Å². The Morgan fingerprint density at radius 2 is 1.01 bits per heavy atom. The van der Waals surface area contributed by atoms with Crippen molar-refractivity contribution in [3.8, 4) is 34.7 Å². The molecule has 2 aliphatic heterocycles. The molecule has 2 aliphatic rings. The fraction of sp³-hybridized carbons (Fsp3) is 0.554. The molecule has 15 nitrogen and oxygen atoms in total. The highest BCUT2D eigenvalue weighted by Crippen LogP contribution is 2.43. The van der Waals surface area contributed by atoms with Gasteiger partial charge in [0, 0.05) is 75.0 Å². The number of carbonyl (C=O) groups is 5. The van der Waals surface area contributed by atoms with Crippen LogP contribution in [0, 0.1) is 53.8 Å². The summed E-state index contributed by atoms with van der Waals surface area (Å²) in [7, 11) is 4.68. The zero-order chi connectivity index (χ0) is 67.6. The molecule has 0 saturated heterocycles. The third kappa shape index (κ3) is 17.8. The third-order valence-electron chi connectivity index (χ3n) is 17.5. The zero-order valence-electron chi connectivity index (χ0n) is 58.5. The summed E-state index contributed by atoms with van der Waals surface area (Å²) in [6.07, 6.45) is 19.9. The molecule has 0 saturated carbocycles. The van der Waals surface area contributed by atoms with Crippen molar-refractivity contribution in [1.82, 2.24) is 30.0 Å². The van der Waals surface area contributed by atoms with Crippen LogP contribution in [0.5, 0.6) is 0 Å². The first kappa shape index (κ1) is 74.7. The van der Waals surface area contributed by atoms with Gasteiger partial charge in [-0.3, -0.25) is 24.0 Å². The lowest BCUT2D eigenvalue weighted by molar-refractivity contribution is -0.171. The van der Waals surface area contributed by atoms with E-state index in [4.69, 9.17) is 9.97 Å². The van der Waals surface area contributed by atoms with Gasteiger partial charge in [-0.15, -0.1) is 0 Å². The van der Waals surface area contributed by atoms with E-state index in [-0.39, 0.29) is 16.7 Å². The molecule has 17 heteroatoms. The number of anilines is 2. The Morgan fingerprint density at radius 1 is 0.593 bits per heavy atom. The maximum absolute atomic E-state index is 14.2. The van der Waals surface area contributed by atoms with Gasteiger partial charge in [0.25, 0.3) is 23.6 Å². The normalized spacial score (nSPS) is 15.4. The molecule has 2 unspecified atom stereocenters. The number of aromatic nitrogens is 2. The monoisotopic (exact) mass is 1280 g/mol. The molecule has 91 heavy (non-hydrogen) atoms. The topological polar surface area (TPSA) is 178 Å². The number of unbranched alkanes of at least 4 members (excludes halogenated alkanes) is 4. The van der Waals surface area contributed by atoms with Gasteiger partial charge in [0.15, 0.2) is 10.3 Å². The maximum Gasteiger partial charge on any atom is 0.290 e. The molecule has 2 aromatic heterocycles. The highest BCUT2D eigenvalue weighted by Gasteiger charge is 2.43. The van der Waals surface area contributed by atoms with Crippen LogP contribution in [0.25, 0.3) is 34.7 Å². The summed E-state index contributed by atoms with van der Waals surface area (Å²) in [4.78, 5) is 84.8. The average Bonchev–Trinajstić information content (AvgIpc) is 1.83. The second-order valence-electron chi connectivity index (χ2n) is 25.6. The Labute approximate surface area is 553 Å². The van der Waals surface area contributed by atoms with Crippen molar-refractivity contribution >= 4 is 74.6 Å². The van der Waals surface area contributed by atoms with Crippen LogP contribution in [0.2, 0.25) is 0 Å². The molecule has 0 fully saturated rings. The van der Waals surface area contributed by atoms with Gasteiger partial charge in [0.1, 0.15) is 23.3 Å². The molecule has 5 amide bonds. The number of carbonyl (C=O) groups excluding carboxylic acids is 5. The van der Waals surface area contributed by atoms with Crippen molar-refractivity contribution in [2.45, 2.75) is 207 Å². The lowest BCUT2D eigenvalue weighted by Gasteiger charge is -2.36. The van der Waals surface area contributed by atoms with E-state index in [0.717, 1.165) is 153 Å². The molecule has 0 radical (unpaired) electrons. The number of hydrazine groups is 2. The highest BCUT2D eigenvalue weighted by molar-refractivity contribution is 7.17. The second-order valence-corrected chi connectivity index (χ2v) is 27.6. The molecular weight excluding hydrogens is 1170 g/mol. The number of nitrogens with zero attached hydrogens (tertiary/aromatic N) is 10. The fourth-order valence-corrected chi connectivity index (χ4v) is 14.0. The minimum absolute atomic E-state index is 0.0158. The van der Waals surface area contributed by atoms with Crippen LogP contribution < -0.4 is 9.80 Å². The largest absolute Gasteiger partial charge is 0.348 e. The van der Waals surface area contributed by atoms with E-state index in [1.807, 2.05) is 12.1 Å². The molecule has 4 heterocycles. The fourth-order valence-electron chi connectivity index (χ4n) is 11.9. The Balaban J connectivity index is 0.000000331. The van der Waals surface area contributed by atoms with Crippen LogP contribution in [0.15, 0.2) is 63.8 Å². The molecule has 4 aromatic rings. The SMILES string of the molecule is CCCCC(CC)CN(CC(CC)CCCC)c1nc(-c2c(C)cccc2C)c(/C=C2\C(=O)N(N(C)C)C(=O)C(C#N)=C2C)s1.CCCCN(CCCC)c1nc(-c2c(CC)cc(CC)cc2CC)c(/C=C2\C(=O)N(N(C)C(=O)C(C)(C)C)C(=O)C(C#N)=C2C)s1. The number of aryl methyl sites for hydroxylation is 5. The number of rotatable bonds is 29. The number of hydrogen-bond donors (Lipinski definition) is 0. The van der Waals surface area contributed by atoms with Crippen molar-refractivity contribution in [3.05, 3.63) is 101 Å². The minimum atomic E-state index is -0.847. The Bertz CT molecular complexity index is 3400. The van der Waals surface area contributed by atoms with Crippen LogP contribution >= 0.6 is 22.7 Å². The lowest BCUT2D eigenvalue weighted by Crippen LogP contribution is -2.56. The van der Waals surface area contributed by atoms with Crippen LogP contribution in [-0.4, -0.2) is 107 Å². The van der Waals surface area contributed by atoms with Crippen LogP contribution in [-0.2, 0) is 43.2 Å². The molecule has 0 aliphatic carbocycles. The van der Waals surface area contributed by atoms with Crippen molar-refractivity contribution < 1.29 is 24.0 Å². The quantitative estimate of drug-likeness (QED) is 0.0372. The molecule has 6 rings (SSSR count). The summed E-state index contributed by atoms with van der Waals surface area (Å²) >= 11 is 3.15. The smallest absolute Gasteiger partial charge is 0.290 e. The van der Waals surface area contributed by atoms with Gasteiger partial charge in [-0.25, -0.2) is 25.0 Å². The molecule has 2 atom stereocenters. The molecule has 492 valence electrons. The first-order valence-electron chi connectivity index (χ1n) is 33.4. The predicted octanol–water partition coefficient (Wildman–Crippen LogP) is 16.7. The standard InChI is InChI=1S/C37H51N5O3S.C37H53N5O2S/c1-11-16-18-41(19-17-12-2)36-39-32(31-26(14-4)20-25(13-3)21-27(31)15-5)30(46-36)22-28-24(6)29(23-38)34(44)42(33(28)43)40(10)35(45)37(7,8)9;1-10-14-19-28(12-3)23-41(24-29(13-4)20-15-11-2)37-39-34(33-25(5)17-16-18-26(33)6)32(45-37)21-30-27(7)31(22-38)36(44)42(35(30)43)40(8)9/h20-22H,11-19H2,1-10H3;16-18,21,28-29H,10-15,19-20,23-24H2,1-9H3/b28-22-;30-21-. The summed E-state index contributed by atoms with van der Waals surface area (Å²) in [5.41, 5.74) is 9.95. The first-order valence-corrected chi connectivity index (χ1v) is 35.1. The van der Waals surface area contributed by atoms with Crippen molar-refractivity contribution in [2.24, 2.45) is 17.3 Å². The predicted molar refractivity (Wildman–Crippen MR) is 376 cm³/mol. The first-order chi connectivity index (χ1) is 43.3. The van der Waals surface area contributed by atoms with Crippen LogP contribution in [0.4, 0.5) is 10.3 Å². The van der Waals surface area contributed by atoms with E-state index in [0.29, 0.717) is 28.6 Å². The van der Waals surface area contributed by atoms with E-state index in [1.54, 1.807) is 66.1 Å². The summed E-state index contributed by atoms with van der Waals surface area (Å²) < 4.78 is 0. The number of nitriles is 2. The van der Waals surface area contributed by atoms with Gasteiger partial charge < -0.3 is 9.80 Å². The zero-order valence-corrected chi connectivity index (χ0v) is 60.1. The van der Waals surface area contributed by atoms with Gasteiger partial charge in [-0.1, -0.05) is 187 Å². The van der Waals surface area contributed by atoms with E-state index < -0.39 is 35.0 Å². The molecule has 0 N–H and O–H groups in total. The van der Waals surface area contributed by atoms with Gasteiger partial charge in [0.05, 0.1) is 21.1 Å². The molecule has 0 spiro atoms. The summed E-state index contributed by atoms with van der Waals surface area (Å²) in [5, 5.41) is 26.1. The summed E-state index contributed by atoms with van der Waals surface area (Å²) in [5.74, 6) is -1.72.